The van der Waals surface area contributed by atoms with Crippen molar-refractivity contribution >= 4 is 29.2 Å². The van der Waals surface area contributed by atoms with Gasteiger partial charge in [-0.05, 0) is 49.6 Å². The van der Waals surface area contributed by atoms with Crippen molar-refractivity contribution in [2.75, 3.05) is 23.3 Å². The lowest BCUT2D eigenvalue weighted by Gasteiger charge is -2.19. The van der Waals surface area contributed by atoms with E-state index < -0.39 is 18.1 Å². The molecule has 0 unspecified atom stereocenters. The number of alkyl halides is 3. The molecule has 0 bridgehead atoms. The van der Waals surface area contributed by atoms with Crippen molar-refractivity contribution < 1.29 is 37.8 Å². The van der Waals surface area contributed by atoms with Crippen molar-refractivity contribution in [1.82, 2.24) is 0 Å². The summed E-state index contributed by atoms with van der Waals surface area (Å²) in [5, 5.41) is 19.4. The van der Waals surface area contributed by atoms with Gasteiger partial charge in [-0.15, -0.1) is 0 Å². The van der Waals surface area contributed by atoms with Gasteiger partial charge in [0.1, 0.15) is 0 Å². The largest absolute Gasteiger partial charge is 0.490 e. The first-order chi connectivity index (χ1) is 14.5. The molecule has 2 aromatic rings. The number of hydrogen-bond donors (Lipinski definition) is 3. The monoisotopic (exact) mass is 438 g/mol. The van der Waals surface area contributed by atoms with Crippen LogP contribution >= 0.6 is 0 Å². The van der Waals surface area contributed by atoms with Crippen LogP contribution < -0.4 is 10.2 Å². The molecular weight excluding hydrogens is 417 g/mol. The summed E-state index contributed by atoms with van der Waals surface area (Å²) in [6.45, 7) is 3.73. The van der Waals surface area contributed by atoms with Gasteiger partial charge >= 0.3 is 18.1 Å². The normalized spacial score (nSPS) is 13.2. The molecule has 0 radical (unpaired) electrons. The molecule has 1 amide bonds. The van der Waals surface area contributed by atoms with E-state index in [2.05, 4.69) is 10.2 Å². The van der Waals surface area contributed by atoms with E-state index in [0.717, 1.165) is 37.2 Å². The quantitative estimate of drug-likeness (QED) is 0.661. The Labute approximate surface area is 176 Å². The molecule has 2 aromatic carbocycles. The second kappa shape index (κ2) is 9.96. The Hall–Kier alpha value is -3.56. The Morgan fingerprint density at radius 3 is 2.06 bits per heavy atom. The highest BCUT2D eigenvalue weighted by Crippen LogP contribution is 2.26. The number of halogens is 3. The standard InChI is InChI=1S/C19H20N2O3.C2HF3O2/c1-13-6-2-3-7-15(13)18(22)20-17-9-8-14(12-16(17)19(23)24)21-10-4-5-11-21;3-2(4,5)1(6)7/h2-3,6-9,12H,4-5,10-11H2,1H3,(H,20,22)(H,23,24);(H,6,7). The molecule has 1 fully saturated rings. The maximum absolute atomic E-state index is 12.4. The van der Waals surface area contributed by atoms with Crippen molar-refractivity contribution in [3.8, 4) is 0 Å². The van der Waals surface area contributed by atoms with Crippen molar-refractivity contribution in [2.45, 2.75) is 25.9 Å². The molecule has 7 nitrogen and oxygen atoms in total. The number of anilines is 2. The molecule has 10 heteroatoms. The number of aliphatic carboxylic acids is 1. The zero-order chi connectivity index (χ0) is 23.2. The summed E-state index contributed by atoms with van der Waals surface area (Å²) in [5.74, 6) is -4.10. The minimum atomic E-state index is -5.08. The lowest BCUT2D eigenvalue weighted by molar-refractivity contribution is -0.192. The summed E-state index contributed by atoms with van der Waals surface area (Å²) in [6, 6.07) is 12.4. The Morgan fingerprint density at radius 1 is 0.968 bits per heavy atom. The smallest absolute Gasteiger partial charge is 0.478 e. The van der Waals surface area contributed by atoms with Gasteiger partial charge in [-0.25, -0.2) is 9.59 Å². The molecule has 0 aliphatic carbocycles. The van der Waals surface area contributed by atoms with Gasteiger partial charge in [0.05, 0.1) is 11.3 Å². The first kappa shape index (κ1) is 23.7. The van der Waals surface area contributed by atoms with E-state index in [9.17, 15) is 27.9 Å². The van der Waals surface area contributed by atoms with Gasteiger partial charge in [0.15, 0.2) is 0 Å². The summed E-state index contributed by atoms with van der Waals surface area (Å²) >= 11 is 0. The van der Waals surface area contributed by atoms with Crippen LogP contribution in [0.3, 0.4) is 0 Å². The topological polar surface area (TPSA) is 107 Å². The molecule has 1 aliphatic rings. The number of nitrogens with zero attached hydrogens (tertiary/aromatic N) is 1. The van der Waals surface area contributed by atoms with Crippen LogP contribution in [0.1, 0.15) is 39.1 Å². The lowest BCUT2D eigenvalue weighted by Crippen LogP contribution is -2.21. The van der Waals surface area contributed by atoms with Crippen LogP contribution in [0.25, 0.3) is 0 Å². The average molecular weight is 438 g/mol. The third-order valence-electron chi connectivity index (χ3n) is 4.59. The summed E-state index contributed by atoms with van der Waals surface area (Å²) in [6.07, 6.45) is -2.84. The first-order valence-corrected chi connectivity index (χ1v) is 9.30. The number of rotatable bonds is 4. The Balaban J connectivity index is 0.000000423. The first-order valence-electron chi connectivity index (χ1n) is 9.30. The maximum Gasteiger partial charge on any atom is 0.490 e. The maximum atomic E-state index is 12.4. The van der Waals surface area contributed by atoms with Gasteiger partial charge in [-0.3, -0.25) is 4.79 Å². The minimum absolute atomic E-state index is 0.112. The second-order valence-corrected chi connectivity index (χ2v) is 6.80. The molecule has 0 atom stereocenters. The molecule has 1 heterocycles. The number of carboxylic acids is 2. The van der Waals surface area contributed by atoms with E-state index in [1.54, 1.807) is 24.3 Å². The fourth-order valence-electron chi connectivity index (χ4n) is 3.01. The molecule has 0 saturated carbocycles. The Bertz CT molecular complexity index is 970. The summed E-state index contributed by atoms with van der Waals surface area (Å²) in [4.78, 5) is 35.1. The number of nitrogens with one attached hydrogen (secondary N) is 1. The van der Waals surface area contributed by atoms with E-state index >= 15 is 0 Å². The summed E-state index contributed by atoms with van der Waals surface area (Å²) < 4.78 is 31.7. The van der Waals surface area contributed by atoms with Crippen LogP contribution in [0.4, 0.5) is 24.5 Å². The number of carbonyl (C=O) groups excluding carboxylic acids is 1. The summed E-state index contributed by atoms with van der Waals surface area (Å²) in [5.41, 5.74) is 2.71. The molecular formula is C21H21F3N2O5. The molecule has 0 aromatic heterocycles. The van der Waals surface area contributed by atoms with Crippen molar-refractivity contribution in [1.29, 1.82) is 0 Å². The highest BCUT2D eigenvalue weighted by Gasteiger charge is 2.38. The van der Waals surface area contributed by atoms with Crippen molar-refractivity contribution in [3.05, 3.63) is 59.2 Å². The average Bonchev–Trinajstić information content (AvgIpc) is 3.23. The third kappa shape index (κ3) is 6.46. The number of carbonyl (C=O) groups is 3. The van der Waals surface area contributed by atoms with Gasteiger partial charge in [0.25, 0.3) is 5.91 Å². The van der Waals surface area contributed by atoms with E-state index in [-0.39, 0.29) is 11.5 Å². The van der Waals surface area contributed by atoms with Crippen molar-refractivity contribution in [2.24, 2.45) is 0 Å². The van der Waals surface area contributed by atoms with Crippen LogP contribution in [-0.2, 0) is 4.79 Å². The zero-order valence-corrected chi connectivity index (χ0v) is 16.6. The second-order valence-electron chi connectivity index (χ2n) is 6.80. The van der Waals surface area contributed by atoms with Gasteiger partial charge < -0.3 is 20.4 Å². The molecule has 166 valence electrons. The van der Waals surface area contributed by atoms with Crippen LogP contribution in [-0.4, -0.2) is 47.3 Å². The number of benzene rings is 2. The number of hydrogen-bond acceptors (Lipinski definition) is 4. The van der Waals surface area contributed by atoms with Crippen LogP contribution in [0.5, 0.6) is 0 Å². The molecule has 1 aliphatic heterocycles. The van der Waals surface area contributed by atoms with Gasteiger partial charge in [0, 0.05) is 24.3 Å². The number of carboxylic acid groups (broad SMARTS) is 2. The van der Waals surface area contributed by atoms with Crippen molar-refractivity contribution in [3.63, 3.8) is 0 Å². The Kier molecular flexibility index (Phi) is 7.62. The number of aryl methyl sites for hydroxylation is 1. The van der Waals surface area contributed by atoms with Gasteiger partial charge in [0.2, 0.25) is 0 Å². The zero-order valence-electron chi connectivity index (χ0n) is 16.6. The fourth-order valence-corrected chi connectivity index (χ4v) is 3.01. The molecule has 31 heavy (non-hydrogen) atoms. The van der Waals surface area contributed by atoms with Crippen LogP contribution in [0, 0.1) is 6.92 Å². The third-order valence-corrected chi connectivity index (χ3v) is 4.59. The minimum Gasteiger partial charge on any atom is -0.478 e. The van der Waals surface area contributed by atoms with E-state index in [1.165, 1.54) is 0 Å². The summed E-state index contributed by atoms with van der Waals surface area (Å²) in [7, 11) is 0. The molecule has 3 rings (SSSR count). The molecule has 1 saturated heterocycles. The van der Waals surface area contributed by atoms with Crippen LogP contribution in [0.15, 0.2) is 42.5 Å². The number of amides is 1. The highest BCUT2D eigenvalue weighted by molar-refractivity contribution is 6.08. The highest BCUT2D eigenvalue weighted by atomic mass is 19.4. The predicted octanol–water partition coefficient (Wildman–Crippen LogP) is 4.18. The van der Waals surface area contributed by atoms with E-state index in [1.807, 2.05) is 25.1 Å². The van der Waals surface area contributed by atoms with Gasteiger partial charge in [-0.1, -0.05) is 18.2 Å². The lowest BCUT2D eigenvalue weighted by atomic mass is 10.1. The molecule has 0 spiro atoms. The van der Waals surface area contributed by atoms with E-state index in [4.69, 9.17) is 9.90 Å². The fraction of sp³-hybridized carbons (Fsp3) is 0.286. The molecule has 3 N–H and O–H groups in total. The Morgan fingerprint density at radius 2 is 1.55 bits per heavy atom. The van der Waals surface area contributed by atoms with E-state index in [0.29, 0.717) is 11.3 Å². The van der Waals surface area contributed by atoms with Crippen LogP contribution in [0.2, 0.25) is 0 Å². The predicted molar refractivity (Wildman–Crippen MR) is 108 cm³/mol. The van der Waals surface area contributed by atoms with Gasteiger partial charge in [-0.2, -0.15) is 13.2 Å². The number of aromatic carboxylic acids is 1. The SMILES string of the molecule is Cc1ccccc1C(=O)Nc1ccc(N2CCCC2)cc1C(=O)O.O=C(O)C(F)(F)F.